The van der Waals surface area contributed by atoms with E-state index in [2.05, 4.69) is 10.6 Å². The number of nitrogens with one attached hydrogen (secondary N) is 2. The van der Waals surface area contributed by atoms with Crippen molar-refractivity contribution in [3.05, 3.63) is 69.7 Å². The Kier molecular flexibility index (Phi) is 6.80. The number of benzene rings is 2. The Morgan fingerprint density at radius 2 is 1.72 bits per heavy atom. The van der Waals surface area contributed by atoms with Crippen molar-refractivity contribution in [2.24, 2.45) is 0 Å². The molecule has 25 heavy (non-hydrogen) atoms. The van der Waals surface area contributed by atoms with Gasteiger partial charge in [-0.1, -0.05) is 53.5 Å². The van der Waals surface area contributed by atoms with Crippen molar-refractivity contribution in [1.82, 2.24) is 10.6 Å². The summed E-state index contributed by atoms with van der Waals surface area (Å²) >= 11 is 11.6. The topological polar surface area (TPSA) is 84.5 Å². The molecule has 3 amide bonds. The van der Waals surface area contributed by atoms with Crippen LogP contribution in [0.4, 0.5) is 4.79 Å². The highest BCUT2D eigenvalue weighted by atomic mass is 35.5. The van der Waals surface area contributed by atoms with E-state index in [1.807, 2.05) is 30.3 Å². The molecular formula is C17H14Cl2N2O4. The molecule has 2 aromatic carbocycles. The van der Waals surface area contributed by atoms with Crippen LogP contribution in [-0.4, -0.2) is 24.5 Å². The number of rotatable bonds is 5. The van der Waals surface area contributed by atoms with Crippen molar-refractivity contribution in [2.75, 3.05) is 6.61 Å². The van der Waals surface area contributed by atoms with Crippen LogP contribution in [0.2, 0.25) is 10.0 Å². The number of carbonyl (C=O) groups is 3. The van der Waals surface area contributed by atoms with Crippen molar-refractivity contribution in [2.45, 2.75) is 6.54 Å². The zero-order valence-electron chi connectivity index (χ0n) is 12.9. The molecule has 0 aliphatic heterocycles. The Bertz CT molecular complexity index is 781. The number of halogens is 2. The Hall–Kier alpha value is -2.57. The highest BCUT2D eigenvalue weighted by Crippen LogP contribution is 2.21. The predicted molar refractivity (Wildman–Crippen MR) is 93.6 cm³/mol. The second-order valence-electron chi connectivity index (χ2n) is 4.92. The molecule has 0 saturated heterocycles. The quantitative estimate of drug-likeness (QED) is 0.780. The van der Waals surface area contributed by atoms with Gasteiger partial charge in [0.15, 0.2) is 6.61 Å². The van der Waals surface area contributed by atoms with E-state index in [4.69, 9.17) is 27.9 Å². The minimum Gasteiger partial charge on any atom is -0.452 e. The van der Waals surface area contributed by atoms with E-state index in [1.165, 1.54) is 18.2 Å². The Balaban J connectivity index is 1.77. The van der Waals surface area contributed by atoms with Gasteiger partial charge in [-0.2, -0.15) is 0 Å². The average Bonchev–Trinajstić information content (AvgIpc) is 2.61. The molecule has 0 heterocycles. The first-order valence-corrected chi connectivity index (χ1v) is 7.95. The fourth-order valence-electron chi connectivity index (χ4n) is 1.85. The smallest absolute Gasteiger partial charge is 0.340 e. The lowest BCUT2D eigenvalue weighted by Crippen LogP contribution is -2.41. The average molecular weight is 381 g/mol. The normalized spacial score (nSPS) is 10.0. The van der Waals surface area contributed by atoms with Gasteiger partial charge in [0.25, 0.3) is 5.91 Å². The predicted octanol–water partition coefficient (Wildman–Crippen LogP) is 3.18. The van der Waals surface area contributed by atoms with Gasteiger partial charge in [-0.15, -0.1) is 0 Å². The molecule has 0 fully saturated rings. The third kappa shape index (κ3) is 6.10. The molecule has 2 rings (SSSR count). The van der Waals surface area contributed by atoms with Crippen LogP contribution in [0.1, 0.15) is 15.9 Å². The molecule has 130 valence electrons. The molecule has 0 aromatic heterocycles. The van der Waals surface area contributed by atoms with Crippen LogP contribution in [-0.2, 0) is 16.1 Å². The number of urea groups is 1. The van der Waals surface area contributed by atoms with E-state index >= 15 is 0 Å². The van der Waals surface area contributed by atoms with Gasteiger partial charge in [0.2, 0.25) is 0 Å². The zero-order chi connectivity index (χ0) is 18.2. The number of hydrogen-bond acceptors (Lipinski definition) is 4. The second kappa shape index (κ2) is 9.05. The summed E-state index contributed by atoms with van der Waals surface area (Å²) in [5.74, 6) is -1.58. The lowest BCUT2D eigenvalue weighted by molar-refractivity contribution is -0.123. The molecule has 2 aromatic rings. The second-order valence-corrected chi connectivity index (χ2v) is 5.76. The third-order valence-corrected chi connectivity index (χ3v) is 3.60. The standard InChI is InChI=1S/C17H14Cl2N2O4/c18-12-6-7-14(19)13(8-12)16(23)25-10-15(22)21-17(24)20-9-11-4-2-1-3-5-11/h1-8H,9-10H2,(H2,20,21,22,24). The lowest BCUT2D eigenvalue weighted by Gasteiger charge is -2.08. The summed E-state index contributed by atoms with van der Waals surface area (Å²) in [4.78, 5) is 35.1. The first kappa shape index (κ1) is 18.8. The fraction of sp³-hybridized carbons (Fsp3) is 0.118. The van der Waals surface area contributed by atoms with Crippen molar-refractivity contribution in [3.63, 3.8) is 0 Å². The van der Waals surface area contributed by atoms with Gasteiger partial charge < -0.3 is 10.1 Å². The third-order valence-electron chi connectivity index (χ3n) is 3.03. The van der Waals surface area contributed by atoms with E-state index in [9.17, 15) is 14.4 Å². The fourth-order valence-corrected chi connectivity index (χ4v) is 2.21. The number of hydrogen-bond donors (Lipinski definition) is 2. The maximum absolute atomic E-state index is 11.9. The monoisotopic (exact) mass is 380 g/mol. The van der Waals surface area contributed by atoms with E-state index in [0.29, 0.717) is 5.02 Å². The number of carbonyl (C=O) groups excluding carboxylic acids is 3. The van der Waals surface area contributed by atoms with Crippen molar-refractivity contribution in [1.29, 1.82) is 0 Å². The minimum absolute atomic E-state index is 0.0375. The van der Waals surface area contributed by atoms with Gasteiger partial charge in [0, 0.05) is 11.6 Å². The zero-order valence-corrected chi connectivity index (χ0v) is 14.4. The molecule has 0 spiro atoms. The maximum atomic E-state index is 11.9. The van der Waals surface area contributed by atoms with Crippen LogP contribution in [0, 0.1) is 0 Å². The van der Waals surface area contributed by atoms with Crippen LogP contribution in [0.25, 0.3) is 0 Å². The molecule has 2 N–H and O–H groups in total. The maximum Gasteiger partial charge on any atom is 0.340 e. The highest BCUT2D eigenvalue weighted by molar-refractivity contribution is 6.35. The first-order chi connectivity index (χ1) is 12.0. The molecular weight excluding hydrogens is 367 g/mol. The van der Waals surface area contributed by atoms with Crippen molar-refractivity contribution < 1.29 is 19.1 Å². The summed E-state index contributed by atoms with van der Waals surface area (Å²) < 4.78 is 4.82. The Morgan fingerprint density at radius 1 is 1.00 bits per heavy atom. The molecule has 6 nitrogen and oxygen atoms in total. The number of amides is 3. The van der Waals surface area contributed by atoms with Gasteiger partial charge in [-0.25, -0.2) is 9.59 Å². The van der Waals surface area contributed by atoms with Gasteiger partial charge in [0.1, 0.15) is 0 Å². The van der Waals surface area contributed by atoms with E-state index in [0.717, 1.165) is 5.56 Å². The number of ether oxygens (including phenoxy) is 1. The van der Waals surface area contributed by atoms with Gasteiger partial charge in [-0.05, 0) is 23.8 Å². The number of esters is 1. The molecule has 0 bridgehead atoms. The van der Waals surface area contributed by atoms with Crippen molar-refractivity contribution in [3.8, 4) is 0 Å². The van der Waals surface area contributed by atoms with Crippen LogP contribution in [0.3, 0.4) is 0 Å². The highest BCUT2D eigenvalue weighted by Gasteiger charge is 2.15. The van der Waals surface area contributed by atoms with Gasteiger partial charge in [-0.3, -0.25) is 10.1 Å². The lowest BCUT2D eigenvalue weighted by atomic mass is 10.2. The Labute approximate surface area is 154 Å². The minimum atomic E-state index is -0.813. The van der Waals surface area contributed by atoms with Crippen LogP contribution >= 0.6 is 23.2 Å². The Morgan fingerprint density at radius 3 is 2.44 bits per heavy atom. The molecule has 0 aliphatic carbocycles. The van der Waals surface area contributed by atoms with E-state index in [1.54, 1.807) is 0 Å². The first-order valence-electron chi connectivity index (χ1n) is 7.19. The van der Waals surface area contributed by atoms with Gasteiger partial charge >= 0.3 is 12.0 Å². The van der Waals surface area contributed by atoms with Crippen LogP contribution in [0.15, 0.2) is 48.5 Å². The molecule has 8 heteroatoms. The summed E-state index contributed by atoms with van der Waals surface area (Å²) in [6, 6.07) is 12.8. The SMILES string of the molecule is O=C(COC(=O)c1cc(Cl)ccc1Cl)NC(=O)NCc1ccccc1. The van der Waals surface area contributed by atoms with Crippen LogP contribution < -0.4 is 10.6 Å². The molecule has 0 atom stereocenters. The van der Waals surface area contributed by atoms with E-state index < -0.39 is 24.5 Å². The largest absolute Gasteiger partial charge is 0.452 e. The molecule has 0 saturated carbocycles. The number of imide groups is 1. The molecule has 0 radical (unpaired) electrons. The van der Waals surface area contributed by atoms with E-state index in [-0.39, 0.29) is 17.1 Å². The summed E-state index contributed by atoms with van der Waals surface area (Å²) in [5.41, 5.74) is 0.919. The summed E-state index contributed by atoms with van der Waals surface area (Å²) in [7, 11) is 0. The molecule has 0 aliphatic rings. The summed E-state index contributed by atoms with van der Waals surface area (Å²) in [6.45, 7) is -0.363. The summed E-state index contributed by atoms with van der Waals surface area (Å²) in [6.07, 6.45) is 0. The van der Waals surface area contributed by atoms with Crippen molar-refractivity contribution >= 4 is 41.1 Å². The molecule has 0 unspecified atom stereocenters. The van der Waals surface area contributed by atoms with Crippen LogP contribution in [0.5, 0.6) is 0 Å². The summed E-state index contributed by atoms with van der Waals surface area (Å²) in [5, 5.41) is 5.03. The van der Waals surface area contributed by atoms with Gasteiger partial charge in [0.05, 0.1) is 10.6 Å².